The highest BCUT2D eigenvalue weighted by Crippen LogP contribution is 2.46. The van der Waals surface area contributed by atoms with Crippen LogP contribution in [0.5, 0.6) is 0 Å². The zero-order valence-electron chi connectivity index (χ0n) is 16.9. The number of nitrogens with zero attached hydrogens (tertiary/aromatic N) is 5. The maximum absolute atomic E-state index is 13.3. The molecule has 2 aromatic heterocycles. The molecule has 1 aliphatic carbocycles. The Kier molecular flexibility index (Phi) is 4.64. The summed E-state index contributed by atoms with van der Waals surface area (Å²) in [6.07, 6.45) is 6.94. The molecular weight excluding hydrogens is 385 g/mol. The molecule has 8 heteroatoms. The molecule has 1 aliphatic heterocycles. The molecule has 1 aromatic carbocycles. The molecule has 0 N–H and O–H groups in total. The van der Waals surface area contributed by atoms with Crippen LogP contribution >= 0.6 is 0 Å². The van der Waals surface area contributed by atoms with Crippen molar-refractivity contribution in [3.05, 3.63) is 53.9 Å². The van der Waals surface area contributed by atoms with Gasteiger partial charge in [-0.1, -0.05) is 18.0 Å². The van der Waals surface area contributed by atoms with Crippen molar-refractivity contribution < 1.29 is 13.7 Å². The third-order valence-corrected chi connectivity index (χ3v) is 6.16. The Labute approximate surface area is 173 Å². The largest absolute Gasteiger partial charge is 0.336 e. The van der Waals surface area contributed by atoms with Crippen LogP contribution in [0.25, 0.3) is 11.5 Å². The molecule has 5 rings (SSSR count). The van der Waals surface area contributed by atoms with Crippen LogP contribution in [0.15, 0.2) is 41.1 Å². The van der Waals surface area contributed by atoms with Gasteiger partial charge in [0.1, 0.15) is 11.5 Å². The summed E-state index contributed by atoms with van der Waals surface area (Å²) in [4.78, 5) is 19.6. The predicted molar refractivity (Wildman–Crippen MR) is 107 cm³/mol. The molecule has 3 aromatic rings. The van der Waals surface area contributed by atoms with E-state index in [1.54, 1.807) is 36.1 Å². The minimum atomic E-state index is -0.328. The van der Waals surface area contributed by atoms with E-state index in [2.05, 4.69) is 10.3 Å². The van der Waals surface area contributed by atoms with Gasteiger partial charge in [-0.15, -0.1) is 0 Å². The van der Waals surface area contributed by atoms with Crippen molar-refractivity contribution in [3.63, 3.8) is 0 Å². The van der Waals surface area contributed by atoms with Crippen LogP contribution < -0.4 is 0 Å². The van der Waals surface area contributed by atoms with E-state index in [0.29, 0.717) is 42.0 Å². The second kappa shape index (κ2) is 7.34. The van der Waals surface area contributed by atoms with Crippen LogP contribution in [0.2, 0.25) is 0 Å². The Morgan fingerprint density at radius 3 is 2.77 bits per heavy atom. The average Bonchev–Trinajstić information content (AvgIpc) is 3.23. The van der Waals surface area contributed by atoms with E-state index in [1.807, 2.05) is 4.90 Å². The first-order chi connectivity index (χ1) is 14.5. The van der Waals surface area contributed by atoms with E-state index in [4.69, 9.17) is 9.51 Å². The summed E-state index contributed by atoms with van der Waals surface area (Å²) in [7, 11) is 1.81. The maximum Gasteiger partial charge on any atom is 0.274 e. The van der Waals surface area contributed by atoms with Gasteiger partial charge in [-0.2, -0.15) is 10.1 Å². The molecule has 30 heavy (non-hydrogen) atoms. The first-order valence-electron chi connectivity index (χ1n) is 10.4. The van der Waals surface area contributed by atoms with Crippen molar-refractivity contribution in [2.24, 2.45) is 13.0 Å². The molecule has 1 saturated carbocycles. The van der Waals surface area contributed by atoms with Gasteiger partial charge in [0.15, 0.2) is 5.82 Å². The number of aryl methyl sites for hydroxylation is 1. The number of likely N-dealkylation sites (tertiary alicyclic amines) is 1. The van der Waals surface area contributed by atoms with Gasteiger partial charge in [-0.05, 0) is 55.5 Å². The molecule has 7 nitrogen and oxygen atoms in total. The van der Waals surface area contributed by atoms with E-state index in [-0.39, 0.29) is 17.1 Å². The smallest absolute Gasteiger partial charge is 0.274 e. The van der Waals surface area contributed by atoms with Gasteiger partial charge in [0.2, 0.25) is 0 Å². The number of halogens is 1. The van der Waals surface area contributed by atoms with E-state index in [1.165, 1.54) is 25.0 Å². The SMILES string of the molecule is Cn1ccc(C(=O)N2CCCC(CC3CC3)(c3noc(-c4ccc(F)cc4)n3)C2)n1. The summed E-state index contributed by atoms with van der Waals surface area (Å²) in [6.45, 7) is 1.26. The van der Waals surface area contributed by atoms with E-state index >= 15 is 0 Å². The average molecular weight is 409 g/mol. The van der Waals surface area contributed by atoms with Crippen molar-refractivity contribution >= 4 is 5.91 Å². The fraction of sp³-hybridized carbons (Fsp3) is 0.455. The monoisotopic (exact) mass is 409 g/mol. The number of hydrogen-bond donors (Lipinski definition) is 0. The van der Waals surface area contributed by atoms with Crippen molar-refractivity contribution in [2.45, 2.75) is 37.5 Å². The van der Waals surface area contributed by atoms with Crippen LogP contribution in [0.3, 0.4) is 0 Å². The molecule has 1 amide bonds. The number of benzene rings is 1. The second-order valence-corrected chi connectivity index (χ2v) is 8.56. The Hall–Kier alpha value is -3.03. The molecule has 1 saturated heterocycles. The minimum Gasteiger partial charge on any atom is -0.336 e. The lowest BCUT2D eigenvalue weighted by atomic mass is 9.74. The lowest BCUT2D eigenvalue weighted by molar-refractivity contribution is 0.0600. The fourth-order valence-corrected chi connectivity index (χ4v) is 4.46. The fourth-order valence-electron chi connectivity index (χ4n) is 4.46. The maximum atomic E-state index is 13.3. The number of aromatic nitrogens is 4. The quantitative estimate of drug-likeness (QED) is 0.644. The summed E-state index contributed by atoms with van der Waals surface area (Å²) < 4.78 is 20.5. The van der Waals surface area contributed by atoms with E-state index in [0.717, 1.165) is 19.3 Å². The molecule has 1 atom stereocenters. The highest BCUT2D eigenvalue weighted by atomic mass is 19.1. The van der Waals surface area contributed by atoms with Crippen LogP contribution in [-0.2, 0) is 12.5 Å². The first-order valence-corrected chi connectivity index (χ1v) is 10.4. The molecule has 1 unspecified atom stereocenters. The third kappa shape index (κ3) is 3.62. The van der Waals surface area contributed by atoms with Crippen molar-refractivity contribution in [2.75, 3.05) is 13.1 Å². The summed E-state index contributed by atoms with van der Waals surface area (Å²) in [5, 5.41) is 8.60. The van der Waals surface area contributed by atoms with Crippen LogP contribution in [0.4, 0.5) is 4.39 Å². The number of carbonyl (C=O) groups excluding carboxylic acids is 1. The number of amides is 1. The topological polar surface area (TPSA) is 77.0 Å². The Morgan fingerprint density at radius 1 is 1.27 bits per heavy atom. The van der Waals surface area contributed by atoms with Crippen LogP contribution in [-0.4, -0.2) is 43.8 Å². The number of piperidine rings is 1. The lowest BCUT2D eigenvalue weighted by Gasteiger charge is -2.41. The summed E-state index contributed by atoms with van der Waals surface area (Å²) >= 11 is 0. The van der Waals surface area contributed by atoms with Crippen molar-refractivity contribution in [1.82, 2.24) is 24.8 Å². The Balaban J connectivity index is 1.44. The summed E-state index contributed by atoms with van der Waals surface area (Å²) in [5.74, 6) is 1.31. The standard InChI is InChI=1S/C22H24FN5O2/c1-27-12-9-18(25-27)20(29)28-11-2-10-22(14-28,13-15-3-4-15)21-24-19(30-26-21)16-5-7-17(23)8-6-16/h5-9,12,15H,2-4,10-11,13-14H2,1H3. The van der Waals surface area contributed by atoms with Gasteiger partial charge in [0.25, 0.3) is 11.8 Å². The van der Waals surface area contributed by atoms with E-state index in [9.17, 15) is 9.18 Å². The minimum absolute atomic E-state index is 0.0577. The summed E-state index contributed by atoms with van der Waals surface area (Å²) in [6, 6.07) is 7.79. The van der Waals surface area contributed by atoms with Crippen molar-refractivity contribution in [1.29, 1.82) is 0 Å². The molecule has 0 spiro atoms. The Morgan fingerprint density at radius 2 is 2.07 bits per heavy atom. The predicted octanol–water partition coefficient (Wildman–Crippen LogP) is 3.58. The molecule has 0 bridgehead atoms. The third-order valence-electron chi connectivity index (χ3n) is 6.16. The molecule has 3 heterocycles. The number of rotatable bonds is 5. The Bertz CT molecular complexity index is 1060. The van der Waals surface area contributed by atoms with Gasteiger partial charge in [-0.3, -0.25) is 9.48 Å². The van der Waals surface area contributed by atoms with Crippen LogP contribution in [0, 0.1) is 11.7 Å². The van der Waals surface area contributed by atoms with Gasteiger partial charge >= 0.3 is 0 Å². The number of carbonyl (C=O) groups is 1. The highest BCUT2D eigenvalue weighted by molar-refractivity contribution is 5.92. The summed E-state index contributed by atoms with van der Waals surface area (Å²) in [5.41, 5.74) is 0.819. The first kappa shape index (κ1) is 19.0. The lowest BCUT2D eigenvalue weighted by Crippen LogP contribution is -2.49. The van der Waals surface area contributed by atoms with Gasteiger partial charge in [0.05, 0.1) is 5.41 Å². The molecule has 2 aliphatic rings. The zero-order chi connectivity index (χ0) is 20.7. The van der Waals surface area contributed by atoms with Crippen LogP contribution in [0.1, 0.15) is 48.4 Å². The number of hydrogen-bond acceptors (Lipinski definition) is 5. The molecular formula is C22H24FN5O2. The second-order valence-electron chi connectivity index (χ2n) is 8.56. The van der Waals surface area contributed by atoms with Gasteiger partial charge < -0.3 is 9.42 Å². The zero-order valence-corrected chi connectivity index (χ0v) is 16.9. The van der Waals surface area contributed by atoms with Gasteiger partial charge in [0, 0.05) is 31.9 Å². The normalized spacial score (nSPS) is 21.7. The van der Waals surface area contributed by atoms with E-state index < -0.39 is 0 Å². The molecule has 156 valence electrons. The van der Waals surface area contributed by atoms with Crippen molar-refractivity contribution in [3.8, 4) is 11.5 Å². The van der Waals surface area contributed by atoms with Gasteiger partial charge in [-0.25, -0.2) is 4.39 Å². The highest BCUT2D eigenvalue weighted by Gasteiger charge is 2.46. The molecule has 0 radical (unpaired) electrons. The molecule has 2 fully saturated rings.